The fourth-order valence-electron chi connectivity index (χ4n) is 2.00. The molecule has 0 fully saturated rings. The highest BCUT2D eigenvalue weighted by molar-refractivity contribution is 5.97. The first-order valence-electron chi connectivity index (χ1n) is 5.78. The molecule has 3 nitrogen and oxygen atoms in total. The third kappa shape index (κ3) is 1.80. The van der Waals surface area contributed by atoms with Gasteiger partial charge in [0.05, 0.1) is 5.52 Å². The van der Waals surface area contributed by atoms with Gasteiger partial charge in [-0.1, -0.05) is 6.07 Å². The van der Waals surface area contributed by atoms with Gasteiger partial charge in [-0.05, 0) is 42.8 Å². The van der Waals surface area contributed by atoms with Crippen molar-refractivity contribution in [3.05, 3.63) is 54.4 Å². The normalized spacial score (nSPS) is 10.7. The van der Waals surface area contributed by atoms with Gasteiger partial charge in [-0.15, -0.1) is 0 Å². The van der Waals surface area contributed by atoms with Crippen molar-refractivity contribution >= 4 is 16.7 Å². The highest BCUT2D eigenvalue weighted by Gasteiger charge is 2.04. The Morgan fingerprint density at radius 1 is 1.22 bits per heavy atom. The van der Waals surface area contributed by atoms with E-state index in [9.17, 15) is 4.79 Å². The van der Waals surface area contributed by atoms with Crippen LogP contribution >= 0.6 is 0 Å². The molecule has 0 aliphatic carbocycles. The maximum absolute atomic E-state index is 11.4. The van der Waals surface area contributed by atoms with Crippen molar-refractivity contribution in [2.24, 2.45) is 0 Å². The van der Waals surface area contributed by atoms with E-state index >= 15 is 0 Å². The number of nitrogens with zero attached hydrogens (tertiary/aromatic N) is 1. The van der Waals surface area contributed by atoms with Crippen LogP contribution in [0.5, 0.6) is 0 Å². The number of fused-ring (bicyclic) bond motifs is 1. The van der Waals surface area contributed by atoms with Crippen LogP contribution in [0.1, 0.15) is 17.3 Å². The zero-order valence-electron chi connectivity index (χ0n) is 9.97. The van der Waals surface area contributed by atoms with E-state index in [-0.39, 0.29) is 5.78 Å². The number of carbonyl (C=O) groups is 1. The highest BCUT2D eigenvalue weighted by atomic mass is 16.1. The molecule has 0 radical (unpaired) electrons. The summed E-state index contributed by atoms with van der Waals surface area (Å²) in [6.45, 7) is 1.55. The summed E-state index contributed by atoms with van der Waals surface area (Å²) in [5.74, 6) is 0.0367. The maximum Gasteiger partial charge on any atom is 0.161 e. The predicted molar refractivity (Wildman–Crippen MR) is 71.5 cm³/mol. The zero-order valence-corrected chi connectivity index (χ0v) is 9.97. The number of hydrogen-bond donors (Lipinski definition) is 1. The molecular weight excluding hydrogens is 224 g/mol. The summed E-state index contributed by atoms with van der Waals surface area (Å²) in [5, 5.41) is 0.981. The van der Waals surface area contributed by atoms with Gasteiger partial charge in [-0.2, -0.15) is 0 Å². The number of H-pyrrole nitrogens is 1. The van der Waals surface area contributed by atoms with E-state index < -0.39 is 0 Å². The first kappa shape index (κ1) is 10.7. The van der Waals surface area contributed by atoms with Gasteiger partial charge in [0.1, 0.15) is 0 Å². The molecule has 0 aliphatic rings. The Bertz CT molecular complexity index is 714. The number of aromatic nitrogens is 2. The third-order valence-electron chi connectivity index (χ3n) is 3.00. The molecule has 2 aromatic heterocycles. The van der Waals surface area contributed by atoms with Crippen LogP contribution in [-0.4, -0.2) is 15.8 Å². The summed E-state index contributed by atoms with van der Waals surface area (Å²) in [4.78, 5) is 18.8. The summed E-state index contributed by atoms with van der Waals surface area (Å²) in [7, 11) is 0. The molecule has 88 valence electrons. The maximum atomic E-state index is 11.4. The van der Waals surface area contributed by atoms with Gasteiger partial charge in [-0.25, -0.2) is 0 Å². The Hall–Kier alpha value is -2.42. The molecule has 0 saturated heterocycles. The molecule has 0 unspecified atom stereocenters. The van der Waals surface area contributed by atoms with E-state index in [0.717, 1.165) is 22.2 Å². The second-order valence-electron chi connectivity index (χ2n) is 4.27. The molecule has 2 heterocycles. The van der Waals surface area contributed by atoms with Crippen molar-refractivity contribution in [2.45, 2.75) is 6.92 Å². The lowest BCUT2D eigenvalue weighted by molar-refractivity contribution is 0.101. The lowest BCUT2D eigenvalue weighted by Crippen LogP contribution is -1.93. The number of Topliss-reactive ketones (excluding diaryl/α,β-unsaturated/α-hetero) is 1. The van der Waals surface area contributed by atoms with Gasteiger partial charge in [0.15, 0.2) is 5.78 Å². The minimum atomic E-state index is 0.0367. The molecule has 0 bridgehead atoms. The summed E-state index contributed by atoms with van der Waals surface area (Å²) in [6, 6.07) is 11.9. The number of aromatic amines is 1. The highest BCUT2D eigenvalue weighted by Crippen LogP contribution is 2.22. The molecule has 0 atom stereocenters. The first-order chi connectivity index (χ1) is 8.74. The molecule has 0 aliphatic heterocycles. The fraction of sp³-hybridized carbons (Fsp3) is 0.0667. The van der Waals surface area contributed by atoms with Crippen LogP contribution in [-0.2, 0) is 0 Å². The van der Waals surface area contributed by atoms with Crippen LogP contribution in [0.25, 0.3) is 22.2 Å². The number of nitrogens with one attached hydrogen (secondary N) is 1. The van der Waals surface area contributed by atoms with Gasteiger partial charge >= 0.3 is 0 Å². The van der Waals surface area contributed by atoms with E-state index in [4.69, 9.17) is 0 Å². The van der Waals surface area contributed by atoms with Gasteiger partial charge in [-0.3, -0.25) is 9.78 Å². The van der Waals surface area contributed by atoms with E-state index in [1.54, 1.807) is 13.1 Å². The summed E-state index contributed by atoms with van der Waals surface area (Å²) < 4.78 is 0. The quantitative estimate of drug-likeness (QED) is 0.693. The molecule has 3 rings (SSSR count). The van der Waals surface area contributed by atoms with Gasteiger partial charge in [0.25, 0.3) is 0 Å². The molecule has 18 heavy (non-hydrogen) atoms. The second-order valence-corrected chi connectivity index (χ2v) is 4.27. The molecule has 0 spiro atoms. The molecule has 3 heteroatoms. The Morgan fingerprint density at radius 2 is 2.11 bits per heavy atom. The van der Waals surface area contributed by atoms with Gasteiger partial charge in [0.2, 0.25) is 0 Å². The van der Waals surface area contributed by atoms with Crippen LogP contribution in [0.15, 0.2) is 48.8 Å². The Morgan fingerprint density at radius 3 is 2.83 bits per heavy atom. The molecule has 1 N–H and O–H groups in total. The standard InChI is InChI=1S/C15H12N2O/c1-10(18)13-8-12-7-11(14-3-2-6-16-14)4-5-15(12)17-9-13/h2-9,16H,1H3. The van der Waals surface area contributed by atoms with E-state index in [2.05, 4.69) is 9.97 Å². The molecule has 1 aromatic carbocycles. The lowest BCUT2D eigenvalue weighted by atomic mass is 10.1. The number of carbonyl (C=O) groups excluding carboxylic acids is 1. The summed E-state index contributed by atoms with van der Waals surface area (Å²) >= 11 is 0. The minimum absolute atomic E-state index is 0.0367. The van der Waals surface area contributed by atoms with E-state index in [1.807, 2.05) is 42.6 Å². The average Bonchev–Trinajstić information content (AvgIpc) is 2.91. The number of pyridine rings is 1. The monoisotopic (exact) mass is 236 g/mol. The second kappa shape index (κ2) is 4.11. The van der Waals surface area contributed by atoms with Crippen molar-refractivity contribution in [2.75, 3.05) is 0 Å². The number of hydrogen-bond acceptors (Lipinski definition) is 2. The molecule has 3 aromatic rings. The summed E-state index contributed by atoms with van der Waals surface area (Å²) in [5.41, 5.74) is 3.70. The molecule has 0 saturated carbocycles. The number of rotatable bonds is 2. The molecule has 0 amide bonds. The topological polar surface area (TPSA) is 45.8 Å². The zero-order chi connectivity index (χ0) is 12.5. The van der Waals surface area contributed by atoms with Crippen LogP contribution in [0, 0.1) is 0 Å². The van der Waals surface area contributed by atoms with Crippen LogP contribution < -0.4 is 0 Å². The van der Waals surface area contributed by atoms with Gasteiger partial charge in [0, 0.05) is 29.0 Å². The molecular formula is C15H12N2O. The van der Waals surface area contributed by atoms with Crippen LogP contribution in [0.2, 0.25) is 0 Å². The summed E-state index contributed by atoms with van der Waals surface area (Å²) in [6.07, 6.45) is 3.52. The van der Waals surface area contributed by atoms with Crippen LogP contribution in [0.4, 0.5) is 0 Å². The largest absolute Gasteiger partial charge is 0.361 e. The van der Waals surface area contributed by atoms with Gasteiger partial charge < -0.3 is 4.98 Å². The number of ketones is 1. The minimum Gasteiger partial charge on any atom is -0.361 e. The SMILES string of the molecule is CC(=O)c1cnc2ccc(-c3ccc[nH]3)cc2c1. The van der Waals surface area contributed by atoms with Crippen LogP contribution in [0.3, 0.4) is 0 Å². The number of benzene rings is 1. The fourth-order valence-corrected chi connectivity index (χ4v) is 2.00. The van der Waals surface area contributed by atoms with Crippen molar-refractivity contribution in [1.29, 1.82) is 0 Å². The van der Waals surface area contributed by atoms with Crippen molar-refractivity contribution in [3.8, 4) is 11.3 Å². The van der Waals surface area contributed by atoms with E-state index in [0.29, 0.717) is 5.56 Å². The smallest absolute Gasteiger partial charge is 0.161 e. The van der Waals surface area contributed by atoms with E-state index in [1.165, 1.54) is 0 Å². The first-order valence-corrected chi connectivity index (χ1v) is 5.78. The average molecular weight is 236 g/mol. The van der Waals surface area contributed by atoms with Crippen molar-refractivity contribution in [1.82, 2.24) is 9.97 Å². The van der Waals surface area contributed by atoms with Crippen molar-refractivity contribution < 1.29 is 4.79 Å². The lowest BCUT2D eigenvalue weighted by Gasteiger charge is -2.03. The Balaban J connectivity index is 2.18. The Kier molecular flexibility index (Phi) is 2.45. The van der Waals surface area contributed by atoms with Crippen molar-refractivity contribution in [3.63, 3.8) is 0 Å². The predicted octanol–water partition coefficient (Wildman–Crippen LogP) is 3.43. The Labute approximate surface area is 104 Å². The third-order valence-corrected chi connectivity index (χ3v) is 3.00.